The van der Waals surface area contributed by atoms with Crippen molar-refractivity contribution in [3.8, 4) is 16.9 Å². The van der Waals surface area contributed by atoms with Crippen LogP contribution in [0.1, 0.15) is 22.8 Å². The Morgan fingerprint density at radius 2 is 1.67 bits per heavy atom. The van der Waals surface area contributed by atoms with Gasteiger partial charge in [0.15, 0.2) is 5.78 Å². The number of rotatable bonds is 5. The number of ketones is 1. The van der Waals surface area contributed by atoms with Crippen LogP contribution in [0.4, 0.5) is 0 Å². The van der Waals surface area contributed by atoms with Crippen LogP contribution in [0.5, 0.6) is 5.75 Å². The summed E-state index contributed by atoms with van der Waals surface area (Å²) < 4.78 is 5.59. The summed E-state index contributed by atoms with van der Waals surface area (Å²) in [5, 5.41) is 0.663. The maximum atomic E-state index is 12.9. The summed E-state index contributed by atoms with van der Waals surface area (Å²) >= 11 is 5.99. The first-order valence-electron chi connectivity index (χ1n) is 7.81. The highest BCUT2D eigenvalue weighted by molar-refractivity contribution is 6.30. The Bertz CT molecular complexity index is 839. The Labute approximate surface area is 146 Å². The predicted molar refractivity (Wildman–Crippen MR) is 97.9 cm³/mol. The molecule has 0 aromatic heterocycles. The third-order valence-electron chi connectivity index (χ3n) is 3.74. The van der Waals surface area contributed by atoms with Crippen LogP contribution in [0, 0.1) is 0 Å². The summed E-state index contributed by atoms with van der Waals surface area (Å²) in [4.78, 5) is 12.9. The van der Waals surface area contributed by atoms with Gasteiger partial charge in [-0.05, 0) is 48.4 Å². The fourth-order valence-corrected chi connectivity index (χ4v) is 2.72. The van der Waals surface area contributed by atoms with Gasteiger partial charge in [-0.3, -0.25) is 4.79 Å². The summed E-state index contributed by atoms with van der Waals surface area (Å²) in [5.41, 5.74) is 3.08. The van der Waals surface area contributed by atoms with Gasteiger partial charge in [0.25, 0.3) is 0 Å². The second-order valence-corrected chi connectivity index (χ2v) is 5.78. The van der Waals surface area contributed by atoms with Crippen molar-refractivity contribution < 1.29 is 9.53 Å². The molecule has 0 saturated heterocycles. The minimum absolute atomic E-state index is 0.0106. The van der Waals surface area contributed by atoms with Crippen molar-refractivity contribution >= 4 is 17.4 Å². The molecule has 3 rings (SSSR count). The molecule has 0 spiro atoms. The van der Waals surface area contributed by atoms with Gasteiger partial charge in [-0.15, -0.1) is 0 Å². The molecule has 0 aliphatic carbocycles. The Kier molecular flexibility index (Phi) is 4.97. The van der Waals surface area contributed by atoms with Crippen molar-refractivity contribution in [1.29, 1.82) is 0 Å². The molecule has 0 heterocycles. The fourth-order valence-electron chi connectivity index (χ4n) is 2.59. The molecule has 120 valence electrons. The summed E-state index contributed by atoms with van der Waals surface area (Å²) in [6.45, 7) is 2.51. The minimum Gasteiger partial charge on any atom is -0.494 e. The highest BCUT2D eigenvalue weighted by atomic mass is 35.5. The lowest BCUT2D eigenvalue weighted by Crippen LogP contribution is -2.04. The highest BCUT2D eigenvalue weighted by Gasteiger charge is 2.15. The van der Waals surface area contributed by atoms with E-state index >= 15 is 0 Å². The quantitative estimate of drug-likeness (QED) is 0.564. The number of benzene rings is 3. The van der Waals surface area contributed by atoms with E-state index in [2.05, 4.69) is 0 Å². The van der Waals surface area contributed by atoms with Crippen molar-refractivity contribution in [1.82, 2.24) is 0 Å². The van der Waals surface area contributed by atoms with Crippen molar-refractivity contribution in [2.75, 3.05) is 6.61 Å². The molecule has 2 nitrogen and oxygen atoms in total. The maximum Gasteiger partial charge on any atom is 0.193 e. The Morgan fingerprint density at radius 3 is 2.33 bits per heavy atom. The first-order valence-corrected chi connectivity index (χ1v) is 8.19. The van der Waals surface area contributed by atoms with E-state index in [-0.39, 0.29) is 5.78 Å². The molecule has 0 saturated carbocycles. The molecular weight excluding hydrogens is 320 g/mol. The maximum absolute atomic E-state index is 12.9. The van der Waals surface area contributed by atoms with Gasteiger partial charge in [-0.25, -0.2) is 0 Å². The second-order valence-electron chi connectivity index (χ2n) is 5.34. The van der Waals surface area contributed by atoms with Crippen LogP contribution < -0.4 is 4.74 Å². The van der Waals surface area contributed by atoms with E-state index in [0.29, 0.717) is 22.8 Å². The van der Waals surface area contributed by atoms with Crippen LogP contribution in [0.25, 0.3) is 11.1 Å². The van der Waals surface area contributed by atoms with Crippen molar-refractivity contribution in [2.24, 2.45) is 0 Å². The van der Waals surface area contributed by atoms with Gasteiger partial charge in [0.05, 0.1) is 6.61 Å². The topological polar surface area (TPSA) is 26.3 Å². The normalized spacial score (nSPS) is 10.4. The highest BCUT2D eigenvalue weighted by Crippen LogP contribution is 2.30. The predicted octanol–water partition coefficient (Wildman–Crippen LogP) is 5.64. The van der Waals surface area contributed by atoms with Crippen molar-refractivity contribution in [3.63, 3.8) is 0 Å². The van der Waals surface area contributed by atoms with Gasteiger partial charge in [0.2, 0.25) is 0 Å². The molecule has 0 atom stereocenters. The van der Waals surface area contributed by atoms with Crippen LogP contribution in [-0.4, -0.2) is 12.4 Å². The van der Waals surface area contributed by atoms with Crippen LogP contribution in [0.2, 0.25) is 5.02 Å². The van der Waals surface area contributed by atoms with E-state index in [0.717, 1.165) is 16.9 Å². The van der Waals surface area contributed by atoms with Gasteiger partial charge in [0, 0.05) is 16.1 Å². The van der Waals surface area contributed by atoms with E-state index in [4.69, 9.17) is 16.3 Å². The largest absolute Gasteiger partial charge is 0.494 e. The van der Waals surface area contributed by atoms with Crippen LogP contribution in [0.3, 0.4) is 0 Å². The average Bonchev–Trinajstić information content (AvgIpc) is 2.63. The van der Waals surface area contributed by atoms with Gasteiger partial charge in [0.1, 0.15) is 5.75 Å². The van der Waals surface area contributed by atoms with Crippen molar-refractivity contribution in [2.45, 2.75) is 6.92 Å². The zero-order valence-electron chi connectivity index (χ0n) is 13.3. The van der Waals surface area contributed by atoms with Gasteiger partial charge in [-0.2, -0.15) is 0 Å². The lowest BCUT2D eigenvalue weighted by atomic mass is 9.93. The number of hydrogen-bond acceptors (Lipinski definition) is 2. The van der Waals surface area contributed by atoms with Gasteiger partial charge >= 0.3 is 0 Å². The molecule has 0 aliphatic heterocycles. The zero-order valence-corrected chi connectivity index (χ0v) is 14.1. The SMILES string of the molecule is CCOc1ccc(C(=O)c2ccccc2)c(-c2ccc(Cl)cc2)c1. The zero-order chi connectivity index (χ0) is 16.9. The molecule has 24 heavy (non-hydrogen) atoms. The number of ether oxygens (including phenoxy) is 1. The van der Waals surface area contributed by atoms with Crippen LogP contribution in [0.15, 0.2) is 72.8 Å². The Morgan fingerprint density at radius 1 is 0.958 bits per heavy atom. The molecule has 0 N–H and O–H groups in total. The molecule has 0 amide bonds. The molecule has 0 unspecified atom stereocenters. The standard InChI is InChI=1S/C21H17ClO2/c1-2-24-18-12-13-19(21(23)16-6-4-3-5-7-16)20(14-18)15-8-10-17(22)11-9-15/h3-14H,2H2,1H3. The van der Waals surface area contributed by atoms with Crippen LogP contribution in [-0.2, 0) is 0 Å². The third kappa shape index (κ3) is 3.50. The number of hydrogen-bond donors (Lipinski definition) is 0. The molecule has 3 aromatic rings. The van der Waals surface area contributed by atoms with E-state index in [1.165, 1.54) is 0 Å². The van der Waals surface area contributed by atoms with E-state index in [1.807, 2.05) is 79.7 Å². The smallest absolute Gasteiger partial charge is 0.193 e. The summed E-state index contributed by atoms with van der Waals surface area (Å²) in [6, 6.07) is 22.3. The first kappa shape index (κ1) is 16.3. The number of carbonyl (C=O) groups excluding carboxylic acids is 1. The van der Waals surface area contributed by atoms with Crippen LogP contribution >= 0.6 is 11.6 Å². The molecule has 3 heteroatoms. The molecule has 0 bridgehead atoms. The Hall–Kier alpha value is -2.58. The second kappa shape index (κ2) is 7.33. The minimum atomic E-state index is -0.0106. The lowest BCUT2D eigenvalue weighted by molar-refractivity contribution is 0.103. The first-order chi connectivity index (χ1) is 11.7. The van der Waals surface area contributed by atoms with E-state index in [9.17, 15) is 4.79 Å². The Balaban J connectivity index is 2.11. The molecule has 0 aliphatic rings. The molecule has 3 aromatic carbocycles. The molecule has 0 radical (unpaired) electrons. The third-order valence-corrected chi connectivity index (χ3v) is 3.99. The number of carbonyl (C=O) groups is 1. The fraction of sp³-hybridized carbons (Fsp3) is 0.0952. The van der Waals surface area contributed by atoms with E-state index in [1.54, 1.807) is 0 Å². The lowest BCUT2D eigenvalue weighted by Gasteiger charge is -2.12. The van der Waals surface area contributed by atoms with E-state index < -0.39 is 0 Å². The summed E-state index contributed by atoms with van der Waals surface area (Å²) in [7, 11) is 0. The average molecular weight is 337 g/mol. The van der Waals surface area contributed by atoms with Gasteiger partial charge < -0.3 is 4.74 Å². The van der Waals surface area contributed by atoms with Crippen molar-refractivity contribution in [3.05, 3.63) is 88.9 Å². The van der Waals surface area contributed by atoms with Gasteiger partial charge in [-0.1, -0.05) is 54.1 Å². The summed E-state index contributed by atoms with van der Waals surface area (Å²) in [6.07, 6.45) is 0. The summed E-state index contributed by atoms with van der Waals surface area (Å²) in [5.74, 6) is 0.732. The number of halogens is 1. The molecular formula is C21H17ClO2. The molecule has 0 fully saturated rings. The monoisotopic (exact) mass is 336 g/mol.